The molecule has 0 aliphatic carbocycles. The van der Waals surface area contributed by atoms with Crippen molar-refractivity contribution in [1.82, 2.24) is 4.90 Å². The summed E-state index contributed by atoms with van der Waals surface area (Å²) in [5.74, 6) is -0.259. The Kier molecular flexibility index (Phi) is 12.8. The lowest BCUT2D eigenvalue weighted by molar-refractivity contribution is 0.115. The van der Waals surface area contributed by atoms with Gasteiger partial charge in [-0.2, -0.15) is 0 Å². The molecule has 27 heavy (non-hydrogen) atoms. The van der Waals surface area contributed by atoms with Gasteiger partial charge in [0.15, 0.2) is 5.96 Å². The van der Waals surface area contributed by atoms with Gasteiger partial charge >= 0.3 is 6.09 Å². The van der Waals surface area contributed by atoms with Crippen LogP contribution in [0.25, 0.3) is 0 Å². The molecule has 0 fully saturated rings. The lowest BCUT2D eigenvalue weighted by Crippen LogP contribution is -2.42. The summed E-state index contributed by atoms with van der Waals surface area (Å²) in [6, 6.07) is 9.49. The summed E-state index contributed by atoms with van der Waals surface area (Å²) in [5, 5.41) is 7.60. The molecule has 152 valence electrons. The summed E-state index contributed by atoms with van der Waals surface area (Å²) in [7, 11) is 0. The lowest BCUT2D eigenvalue weighted by Gasteiger charge is -2.20. The van der Waals surface area contributed by atoms with Gasteiger partial charge in [-0.15, -0.1) is 0 Å². The topological polar surface area (TPSA) is 105 Å². The average Bonchev–Trinajstić information content (AvgIpc) is 2.67. The standard InChI is InChI=1S/C21H36N4O2/c22-16-12-7-5-3-1-2-4-6-8-13-17-25(20(23)24)21(26)27-18-19-14-10-9-11-15-19/h9-11,14-15H,1-8,12-13,16-18,22H2,(H3,23,24). The van der Waals surface area contributed by atoms with E-state index in [1.165, 1.54) is 43.4 Å². The zero-order chi connectivity index (χ0) is 19.7. The highest BCUT2D eigenvalue weighted by Gasteiger charge is 2.17. The van der Waals surface area contributed by atoms with Gasteiger partial charge in [-0.05, 0) is 24.9 Å². The van der Waals surface area contributed by atoms with Crippen molar-refractivity contribution in [2.75, 3.05) is 13.1 Å². The first-order valence-corrected chi connectivity index (χ1v) is 10.2. The third-order valence-corrected chi connectivity index (χ3v) is 4.55. The molecule has 0 spiro atoms. The van der Waals surface area contributed by atoms with E-state index in [2.05, 4.69) is 0 Å². The Bertz CT molecular complexity index is 522. The van der Waals surface area contributed by atoms with E-state index < -0.39 is 6.09 Å². The molecule has 1 rings (SSSR count). The van der Waals surface area contributed by atoms with Gasteiger partial charge in [-0.1, -0.05) is 81.7 Å². The van der Waals surface area contributed by atoms with E-state index in [1.807, 2.05) is 30.3 Å². The molecule has 0 radical (unpaired) electrons. The minimum absolute atomic E-state index is 0.189. The third-order valence-electron chi connectivity index (χ3n) is 4.55. The molecular formula is C21H36N4O2. The molecule has 5 N–H and O–H groups in total. The van der Waals surface area contributed by atoms with Crippen molar-refractivity contribution in [3.8, 4) is 0 Å². The summed E-state index contributed by atoms with van der Waals surface area (Å²) >= 11 is 0. The Labute approximate surface area is 163 Å². The number of hydrogen-bond acceptors (Lipinski definition) is 4. The van der Waals surface area contributed by atoms with Crippen LogP contribution in [0.5, 0.6) is 0 Å². The van der Waals surface area contributed by atoms with E-state index in [0.29, 0.717) is 6.54 Å². The third kappa shape index (κ3) is 11.3. The quantitative estimate of drug-likeness (QED) is 0.254. The number of rotatable bonds is 14. The largest absolute Gasteiger partial charge is 0.444 e. The zero-order valence-corrected chi connectivity index (χ0v) is 16.5. The summed E-state index contributed by atoms with van der Waals surface area (Å²) in [4.78, 5) is 13.4. The molecule has 0 aromatic heterocycles. The number of carbonyl (C=O) groups is 1. The van der Waals surface area contributed by atoms with Crippen LogP contribution in [0.3, 0.4) is 0 Å². The highest BCUT2D eigenvalue weighted by molar-refractivity contribution is 5.91. The number of nitrogens with two attached hydrogens (primary N) is 2. The summed E-state index contributed by atoms with van der Waals surface area (Å²) in [6.07, 6.45) is 11.2. The van der Waals surface area contributed by atoms with Crippen molar-refractivity contribution in [2.45, 2.75) is 70.8 Å². The molecule has 0 atom stereocenters. The van der Waals surface area contributed by atoms with Crippen molar-refractivity contribution in [1.29, 1.82) is 5.41 Å². The molecule has 1 aromatic rings. The molecule has 1 amide bonds. The van der Waals surface area contributed by atoms with Gasteiger partial charge in [-0.3, -0.25) is 5.41 Å². The Balaban J connectivity index is 2.10. The van der Waals surface area contributed by atoms with E-state index in [9.17, 15) is 4.79 Å². The van der Waals surface area contributed by atoms with Crippen LogP contribution in [0.15, 0.2) is 30.3 Å². The van der Waals surface area contributed by atoms with Crippen molar-refractivity contribution < 1.29 is 9.53 Å². The maximum atomic E-state index is 12.1. The maximum Gasteiger partial charge on any atom is 0.416 e. The summed E-state index contributed by atoms with van der Waals surface area (Å²) in [5.41, 5.74) is 11.9. The number of benzene rings is 1. The second kappa shape index (κ2) is 15.0. The predicted molar refractivity (Wildman–Crippen MR) is 110 cm³/mol. The fourth-order valence-electron chi connectivity index (χ4n) is 2.94. The van der Waals surface area contributed by atoms with Crippen LogP contribution in [0.4, 0.5) is 4.79 Å². The number of guanidine groups is 1. The zero-order valence-electron chi connectivity index (χ0n) is 16.5. The average molecular weight is 377 g/mol. The van der Waals surface area contributed by atoms with Gasteiger partial charge in [-0.25, -0.2) is 9.69 Å². The molecule has 0 saturated carbocycles. The summed E-state index contributed by atoms with van der Waals surface area (Å²) < 4.78 is 5.26. The van der Waals surface area contributed by atoms with Crippen LogP contribution in [0, 0.1) is 5.41 Å². The first kappa shape index (κ1) is 23.0. The van der Waals surface area contributed by atoms with Gasteiger partial charge in [0, 0.05) is 6.54 Å². The second-order valence-corrected chi connectivity index (χ2v) is 6.90. The van der Waals surface area contributed by atoms with Crippen molar-refractivity contribution >= 4 is 12.1 Å². The second-order valence-electron chi connectivity index (χ2n) is 6.90. The number of hydrogen-bond donors (Lipinski definition) is 3. The molecule has 1 aromatic carbocycles. The number of nitrogens with zero attached hydrogens (tertiary/aromatic N) is 1. The molecule has 0 bridgehead atoms. The van der Waals surface area contributed by atoms with Crippen molar-refractivity contribution in [3.63, 3.8) is 0 Å². The Morgan fingerprint density at radius 2 is 1.41 bits per heavy atom. The van der Waals surface area contributed by atoms with E-state index in [-0.39, 0.29) is 12.6 Å². The van der Waals surface area contributed by atoms with Crippen LogP contribution in [0.1, 0.15) is 69.8 Å². The maximum absolute atomic E-state index is 12.1. The first-order valence-electron chi connectivity index (χ1n) is 10.2. The van der Waals surface area contributed by atoms with E-state index >= 15 is 0 Å². The number of carbonyl (C=O) groups excluding carboxylic acids is 1. The molecule has 6 heteroatoms. The molecule has 0 heterocycles. The fourth-order valence-corrected chi connectivity index (χ4v) is 2.94. The Morgan fingerprint density at radius 1 is 0.889 bits per heavy atom. The summed E-state index contributed by atoms with van der Waals surface area (Å²) in [6.45, 7) is 1.42. The molecule has 0 unspecified atom stereocenters. The van der Waals surface area contributed by atoms with Gasteiger partial charge in [0.05, 0.1) is 0 Å². The Hall–Kier alpha value is -2.08. The molecule has 0 saturated heterocycles. The minimum atomic E-state index is -0.552. The number of amides is 1. The number of ether oxygens (including phenoxy) is 1. The highest BCUT2D eigenvalue weighted by Crippen LogP contribution is 2.11. The minimum Gasteiger partial charge on any atom is -0.444 e. The van der Waals surface area contributed by atoms with Crippen LogP contribution in [-0.2, 0) is 11.3 Å². The highest BCUT2D eigenvalue weighted by atomic mass is 16.6. The van der Waals surface area contributed by atoms with Gasteiger partial charge in [0.2, 0.25) is 0 Å². The van der Waals surface area contributed by atoms with Crippen LogP contribution in [0.2, 0.25) is 0 Å². The molecule has 0 aliphatic rings. The fraction of sp³-hybridized carbons (Fsp3) is 0.619. The molecular weight excluding hydrogens is 340 g/mol. The monoisotopic (exact) mass is 376 g/mol. The normalized spacial score (nSPS) is 10.6. The van der Waals surface area contributed by atoms with Gasteiger partial charge < -0.3 is 16.2 Å². The first-order chi connectivity index (χ1) is 13.1. The van der Waals surface area contributed by atoms with E-state index in [1.54, 1.807) is 0 Å². The van der Waals surface area contributed by atoms with Crippen molar-refractivity contribution in [3.05, 3.63) is 35.9 Å². The smallest absolute Gasteiger partial charge is 0.416 e. The number of nitrogens with one attached hydrogen (secondary N) is 1. The predicted octanol–water partition coefficient (Wildman–Crippen LogP) is 4.38. The van der Waals surface area contributed by atoms with Crippen LogP contribution < -0.4 is 11.5 Å². The van der Waals surface area contributed by atoms with E-state index in [0.717, 1.165) is 37.8 Å². The van der Waals surface area contributed by atoms with Crippen LogP contribution in [-0.4, -0.2) is 30.0 Å². The lowest BCUT2D eigenvalue weighted by atomic mass is 10.1. The van der Waals surface area contributed by atoms with Gasteiger partial charge in [0.25, 0.3) is 0 Å². The molecule has 0 aliphatic heterocycles. The van der Waals surface area contributed by atoms with E-state index in [4.69, 9.17) is 21.6 Å². The Morgan fingerprint density at radius 3 is 1.93 bits per heavy atom. The van der Waals surface area contributed by atoms with Crippen LogP contribution >= 0.6 is 0 Å². The number of unbranched alkanes of at least 4 members (excludes halogenated alkanes) is 9. The van der Waals surface area contributed by atoms with Crippen molar-refractivity contribution in [2.24, 2.45) is 11.5 Å². The molecule has 6 nitrogen and oxygen atoms in total. The van der Waals surface area contributed by atoms with Gasteiger partial charge in [0.1, 0.15) is 6.61 Å². The SMILES string of the molecule is N=C(N)N(CCCCCCCCCCCCN)C(=O)OCc1ccccc1.